The molecule has 2 fully saturated rings. The van der Waals surface area contributed by atoms with Crippen LogP contribution in [0.3, 0.4) is 0 Å². The number of aromatic nitrogens is 1. The van der Waals surface area contributed by atoms with Gasteiger partial charge in [0.25, 0.3) is 5.91 Å². The van der Waals surface area contributed by atoms with Crippen LogP contribution in [0.4, 0.5) is 0 Å². The van der Waals surface area contributed by atoms with Crippen LogP contribution in [0.2, 0.25) is 0 Å². The van der Waals surface area contributed by atoms with Crippen LogP contribution in [0, 0.1) is 13.8 Å². The van der Waals surface area contributed by atoms with Crippen molar-refractivity contribution in [1.82, 2.24) is 20.5 Å². The van der Waals surface area contributed by atoms with Crippen LogP contribution < -0.4 is 10.6 Å². The van der Waals surface area contributed by atoms with Gasteiger partial charge in [-0.25, -0.2) is 9.59 Å². The Kier molecular flexibility index (Phi) is 7.39. The lowest BCUT2D eigenvalue weighted by atomic mass is 9.95. The molecule has 39 heavy (non-hydrogen) atoms. The third-order valence-corrected chi connectivity index (χ3v) is 8.45. The molecule has 13 heteroatoms. The summed E-state index contributed by atoms with van der Waals surface area (Å²) in [4.78, 5) is 68.0. The number of carboxylic acid groups (broad SMARTS) is 1. The van der Waals surface area contributed by atoms with Crippen molar-refractivity contribution in [3.63, 3.8) is 0 Å². The number of nitrogens with one attached hydrogen (secondary N) is 3. The second-order valence-corrected chi connectivity index (χ2v) is 11.7. The molecule has 0 aliphatic carbocycles. The van der Waals surface area contributed by atoms with Gasteiger partial charge < -0.3 is 35.5 Å². The Balaban J connectivity index is 1.59. The number of aliphatic carboxylic acids is 1. The molecule has 0 bridgehead atoms. The number of carbonyl (C=O) groups excluding carboxylic acids is 4. The second-order valence-electron chi connectivity index (χ2n) is 9.93. The molecule has 1 aromatic carbocycles. The Morgan fingerprint density at radius 3 is 2.41 bits per heavy atom. The summed E-state index contributed by atoms with van der Waals surface area (Å²) < 4.78 is 4.27. The number of rotatable bonds is 8. The number of aryl methyl sites for hydroxylation is 1. The Labute approximate surface area is 228 Å². The average molecular weight is 559 g/mol. The summed E-state index contributed by atoms with van der Waals surface area (Å²) in [5.74, 6) is -3.65. The first-order valence-electron chi connectivity index (χ1n) is 12.3. The van der Waals surface area contributed by atoms with Crippen molar-refractivity contribution in [3.8, 4) is 5.75 Å². The lowest BCUT2D eigenvalue weighted by Crippen LogP contribution is -2.71. The third kappa shape index (κ3) is 4.93. The minimum Gasteiger partial charge on any atom is -0.508 e. The molecule has 12 nitrogen and oxygen atoms in total. The van der Waals surface area contributed by atoms with Gasteiger partial charge in [-0.1, -0.05) is 12.1 Å². The fourth-order valence-corrected chi connectivity index (χ4v) is 6.68. The quantitative estimate of drug-likeness (QED) is 0.238. The first kappa shape index (κ1) is 28.0. The number of aromatic amines is 1. The standard InChI is InChI=1S/C26H30N4O8S/c1-6-38-25(37)16-11(2)15(12(3)27-16)20(32)28-17(13-7-9-14(31)10-8-13)21(33)29-18-22(34)30-19(24(35)36)26(4,5)39-23(18)30/h7-10,17-19,23,27,31H,6H2,1-5H3,(H,28,32)(H,29,33)(H,35,36)/t17?,18-,19+,23-/m1/s1. The fraction of sp³-hybridized carbons (Fsp3) is 0.423. The molecule has 5 N–H and O–H groups in total. The maximum absolute atomic E-state index is 13.5. The predicted octanol–water partition coefficient (Wildman–Crippen LogP) is 1.62. The largest absolute Gasteiger partial charge is 0.508 e. The number of aromatic hydroxyl groups is 1. The van der Waals surface area contributed by atoms with E-state index >= 15 is 0 Å². The van der Waals surface area contributed by atoms with Crippen molar-refractivity contribution in [2.24, 2.45) is 0 Å². The Morgan fingerprint density at radius 1 is 1.18 bits per heavy atom. The monoisotopic (exact) mass is 558 g/mol. The number of ether oxygens (including phenoxy) is 1. The number of β-lactam (4-membered cyclic amide) rings is 1. The normalized spacial score (nSPS) is 21.9. The molecule has 4 atom stereocenters. The van der Waals surface area contributed by atoms with Crippen LogP contribution in [-0.2, 0) is 19.1 Å². The van der Waals surface area contributed by atoms with Crippen molar-refractivity contribution in [1.29, 1.82) is 0 Å². The minimum atomic E-state index is -1.27. The molecule has 2 aliphatic heterocycles. The molecular formula is C26H30N4O8S. The Bertz CT molecular complexity index is 1350. The van der Waals surface area contributed by atoms with Gasteiger partial charge in [0.05, 0.1) is 12.2 Å². The number of phenolic OH excluding ortho intramolecular Hbond substituents is 1. The highest BCUT2D eigenvalue weighted by Gasteiger charge is 2.64. The highest BCUT2D eigenvalue weighted by atomic mass is 32.2. The van der Waals surface area contributed by atoms with Crippen molar-refractivity contribution in [2.75, 3.05) is 6.61 Å². The number of carbonyl (C=O) groups is 5. The van der Waals surface area contributed by atoms with E-state index in [-0.39, 0.29) is 23.6 Å². The number of carboxylic acids is 1. The number of benzene rings is 1. The molecule has 4 rings (SSSR count). The molecule has 0 radical (unpaired) electrons. The third-order valence-electron chi connectivity index (χ3n) is 6.88. The number of hydrogen-bond donors (Lipinski definition) is 5. The summed E-state index contributed by atoms with van der Waals surface area (Å²) >= 11 is 1.28. The van der Waals surface area contributed by atoms with E-state index in [1.54, 1.807) is 34.6 Å². The number of fused-ring (bicyclic) bond motifs is 1. The van der Waals surface area contributed by atoms with E-state index in [2.05, 4.69) is 15.6 Å². The van der Waals surface area contributed by atoms with E-state index in [1.807, 2.05) is 0 Å². The number of nitrogens with zero attached hydrogens (tertiary/aromatic N) is 1. The highest BCUT2D eigenvalue weighted by molar-refractivity contribution is 8.01. The molecule has 2 aliphatic rings. The molecule has 0 saturated carbocycles. The maximum Gasteiger partial charge on any atom is 0.355 e. The lowest BCUT2D eigenvalue weighted by Gasteiger charge is -2.44. The maximum atomic E-state index is 13.5. The number of esters is 1. The van der Waals surface area contributed by atoms with Crippen LogP contribution in [0.5, 0.6) is 5.75 Å². The lowest BCUT2D eigenvalue weighted by molar-refractivity contribution is -0.161. The molecule has 2 saturated heterocycles. The van der Waals surface area contributed by atoms with Gasteiger partial charge in [0.2, 0.25) is 11.8 Å². The molecule has 2 aromatic rings. The summed E-state index contributed by atoms with van der Waals surface area (Å²) in [7, 11) is 0. The van der Waals surface area contributed by atoms with Gasteiger partial charge in [-0.05, 0) is 57.9 Å². The van der Waals surface area contributed by atoms with Crippen LogP contribution >= 0.6 is 11.8 Å². The van der Waals surface area contributed by atoms with Gasteiger partial charge in [0.15, 0.2) is 0 Å². The predicted molar refractivity (Wildman–Crippen MR) is 140 cm³/mol. The zero-order chi connectivity index (χ0) is 28.8. The fourth-order valence-electron chi connectivity index (χ4n) is 5.05. The zero-order valence-corrected chi connectivity index (χ0v) is 22.8. The topological polar surface area (TPSA) is 178 Å². The van der Waals surface area contributed by atoms with Gasteiger partial charge in [0.1, 0.15) is 34.9 Å². The van der Waals surface area contributed by atoms with E-state index in [1.165, 1.54) is 40.9 Å². The minimum absolute atomic E-state index is 0.0465. The van der Waals surface area contributed by atoms with Gasteiger partial charge in [-0.2, -0.15) is 0 Å². The summed E-state index contributed by atoms with van der Waals surface area (Å²) in [5, 5.41) is 24.1. The molecule has 1 unspecified atom stereocenters. The number of thioether (sulfide) groups is 1. The van der Waals surface area contributed by atoms with E-state index < -0.39 is 57.9 Å². The smallest absolute Gasteiger partial charge is 0.355 e. The van der Waals surface area contributed by atoms with Crippen molar-refractivity contribution < 1.29 is 38.9 Å². The van der Waals surface area contributed by atoms with Gasteiger partial charge >= 0.3 is 11.9 Å². The molecule has 1 aromatic heterocycles. The number of H-pyrrole nitrogens is 1. The molecule has 0 spiro atoms. The number of amides is 3. The summed E-state index contributed by atoms with van der Waals surface area (Å²) in [6.07, 6.45) is 0. The summed E-state index contributed by atoms with van der Waals surface area (Å²) in [5.41, 5.74) is 1.37. The van der Waals surface area contributed by atoms with E-state index in [0.717, 1.165) is 0 Å². The first-order valence-corrected chi connectivity index (χ1v) is 13.2. The van der Waals surface area contributed by atoms with E-state index in [0.29, 0.717) is 16.8 Å². The highest BCUT2D eigenvalue weighted by Crippen LogP contribution is 2.50. The SMILES string of the molecule is CCOC(=O)c1[nH]c(C)c(C(=O)NC(C(=O)N[C@@H]2C(=O)N3[C@@H]2SC(C)(C)[C@@H]3C(=O)O)c2ccc(O)cc2)c1C. The van der Waals surface area contributed by atoms with Gasteiger partial charge in [0, 0.05) is 10.4 Å². The van der Waals surface area contributed by atoms with Crippen LogP contribution in [0.15, 0.2) is 24.3 Å². The van der Waals surface area contributed by atoms with E-state index in [9.17, 15) is 34.2 Å². The molecule has 3 amide bonds. The first-order chi connectivity index (χ1) is 18.3. The molecule has 3 heterocycles. The van der Waals surface area contributed by atoms with Crippen molar-refractivity contribution in [2.45, 2.75) is 62.9 Å². The molecular weight excluding hydrogens is 528 g/mol. The summed E-state index contributed by atoms with van der Waals surface area (Å²) in [6.45, 7) is 8.47. The number of hydrogen-bond acceptors (Lipinski definition) is 8. The van der Waals surface area contributed by atoms with Gasteiger partial charge in [-0.3, -0.25) is 14.4 Å². The summed E-state index contributed by atoms with van der Waals surface area (Å²) in [6, 6.07) is 2.36. The Hall–Kier alpha value is -4.00. The van der Waals surface area contributed by atoms with Crippen LogP contribution in [-0.4, -0.2) is 78.6 Å². The van der Waals surface area contributed by atoms with Crippen molar-refractivity contribution in [3.05, 3.63) is 52.3 Å². The second kappa shape index (κ2) is 10.3. The zero-order valence-electron chi connectivity index (χ0n) is 22.0. The van der Waals surface area contributed by atoms with Crippen LogP contribution in [0.25, 0.3) is 0 Å². The van der Waals surface area contributed by atoms with Crippen molar-refractivity contribution >= 4 is 41.4 Å². The van der Waals surface area contributed by atoms with Crippen LogP contribution in [0.1, 0.15) is 64.5 Å². The Morgan fingerprint density at radius 2 is 1.82 bits per heavy atom. The molecule has 208 valence electrons. The average Bonchev–Trinajstić information content (AvgIpc) is 3.31. The van der Waals surface area contributed by atoms with Gasteiger partial charge in [-0.15, -0.1) is 11.8 Å². The van der Waals surface area contributed by atoms with E-state index in [4.69, 9.17) is 4.74 Å². The number of phenols is 1.